The van der Waals surface area contributed by atoms with Crippen molar-refractivity contribution in [2.45, 2.75) is 32.7 Å². The predicted octanol–water partition coefficient (Wildman–Crippen LogP) is 3.51. The Hall–Kier alpha value is -3.48. The van der Waals surface area contributed by atoms with E-state index in [0.29, 0.717) is 12.1 Å². The first-order chi connectivity index (χ1) is 14.5. The van der Waals surface area contributed by atoms with Crippen LogP contribution in [0.4, 0.5) is 11.5 Å². The van der Waals surface area contributed by atoms with Crippen LogP contribution in [0.3, 0.4) is 0 Å². The van der Waals surface area contributed by atoms with Gasteiger partial charge in [-0.05, 0) is 62.6 Å². The lowest BCUT2D eigenvalue weighted by atomic mass is 10.1. The number of aromatic nitrogens is 3. The van der Waals surface area contributed by atoms with E-state index in [1.165, 1.54) is 4.57 Å². The van der Waals surface area contributed by atoms with Crippen molar-refractivity contribution >= 4 is 17.4 Å². The molecule has 1 aliphatic rings. The summed E-state index contributed by atoms with van der Waals surface area (Å²) >= 11 is 0. The molecule has 4 heterocycles. The average molecular weight is 403 g/mol. The minimum Gasteiger partial charge on any atom is -0.339 e. The van der Waals surface area contributed by atoms with E-state index in [0.717, 1.165) is 35.7 Å². The molecule has 0 bridgehead atoms. The fourth-order valence-electron chi connectivity index (χ4n) is 3.96. The second kappa shape index (κ2) is 8.10. The first-order valence-electron chi connectivity index (χ1n) is 10.1. The monoisotopic (exact) mass is 403 g/mol. The van der Waals surface area contributed by atoms with Gasteiger partial charge in [0.25, 0.3) is 11.5 Å². The number of likely N-dealkylation sites (tertiary alicyclic amines) is 1. The van der Waals surface area contributed by atoms with E-state index in [1.807, 2.05) is 50.2 Å². The molecule has 1 atom stereocenters. The molecule has 3 aromatic heterocycles. The zero-order valence-corrected chi connectivity index (χ0v) is 17.4. The van der Waals surface area contributed by atoms with Gasteiger partial charge in [-0.3, -0.25) is 14.6 Å². The maximum Gasteiger partial charge on any atom is 0.263 e. The molecule has 1 aliphatic heterocycles. The Bertz CT molecular complexity index is 1120. The molecule has 0 radical (unpaired) electrons. The molecule has 0 aliphatic carbocycles. The number of aryl methyl sites for hydroxylation is 2. The minimum atomic E-state index is -0.244. The number of nitrogens with zero attached hydrogens (tertiary/aromatic N) is 4. The van der Waals surface area contributed by atoms with Gasteiger partial charge in [-0.1, -0.05) is 6.07 Å². The Kier molecular flexibility index (Phi) is 5.35. The Balaban J connectivity index is 1.58. The smallest absolute Gasteiger partial charge is 0.263 e. The van der Waals surface area contributed by atoms with Gasteiger partial charge in [0.1, 0.15) is 11.4 Å². The van der Waals surface area contributed by atoms with E-state index in [1.54, 1.807) is 24.3 Å². The number of pyridine rings is 3. The molecule has 0 aromatic carbocycles. The highest BCUT2D eigenvalue weighted by atomic mass is 16.2. The topological polar surface area (TPSA) is 80.1 Å². The molecule has 154 valence electrons. The second-order valence-electron chi connectivity index (χ2n) is 7.68. The zero-order valence-electron chi connectivity index (χ0n) is 17.4. The molecule has 0 spiro atoms. The van der Waals surface area contributed by atoms with Crippen molar-refractivity contribution in [1.82, 2.24) is 19.4 Å². The van der Waals surface area contributed by atoms with Crippen LogP contribution in [-0.2, 0) is 7.05 Å². The average Bonchev–Trinajstić information content (AvgIpc) is 3.23. The summed E-state index contributed by atoms with van der Waals surface area (Å²) in [5, 5.41) is 3.21. The van der Waals surface area contributed by atoms with Crippen LogP contribution in [0.5, 0.6) is 0 Å². The van der Waals surface area contributed by atoms with Gasteiger partial charge < -0.3 is 14.8 Å². The van der Waals surface area contributed by atoms with Crippen LogP contribution in [0.2, 0.25) is 0 Å². The molecule has 7 nitrogen and oxygen atoms in total. The van der Waals surface area contributed by atoms with Gasteiger partial charge in [0.15, 0.2) is 0 Å². The summed E-state index contributed by atoms with van der Waals surface area (Å²) in [6, 6.07) is 11.3. The third-order valence-electron chi connectivity index (χ3n) is 5.66. The second-order valence-corrected chi connectivity index (χ2v) is 7.68. The number of anilines is 2. The lowest BCUT2D eigenvalue weighted by molar-refractivity contribution is 0.0729. The van der Waals surface area contributed by atoms with Crippen molar-refractivity contribution in [1.29, 1.82) is 0 Å². The van der Waals surface area contributed by atoms with Crippen LogP contribution in [0, 0.1) is 13.8 Å². The number of carbonyl (C=O) groups is 1. The Morgan fingerprint density at radius 1 is 1.17 bits per heavy atom. The van der Waals surface area contributed by atoms with Crippen molar-refractivity contribution < 1.29 is 4.79 Å². The number of carbonyl (C=O) groups excluding carboxylic acids is 1. The van der Waals surface area contributed by atoms with Gasteiger partial charge in [-0.2, -0.15) is 0 Å². The fourth-order valence-corrected chi connectivity index (χ4v) is 3.96. The quantitative estimate of drug-likeness (QED) is 0.721. The van der Waals surface area contributed by atoms with Crippen molar-refractivity contribution in [2.24, 2.45) is 7.05 Å². The summed E-state index contributed by atoms with van der Waals surface area (Å²) in [6.45, 7) is 4.31. The molecule has 4 rings (SSSR count). The molecule has 7 heteroatoms. The van der Waals surface area contributed by atoms with Crippen LogP contribution >= 0.6 is 0 Å². The van der Waals surface area contributed by atoms with E-state index in [4.69, 9.17) is 0 Å². The first kappa shape index (κ1) is 19.8. The largest absolute Gasteiger partial charge is 0.339 e. The molecule has 30 heavy (non-hydrogen) atoms. The van der Waals surface area contributed by atoms with Crippen molar-refractivity contribution in [3.63, 3.8) is 0 Å². The van der Waals surface area contributed by atoms with E-state index in [2.05, 4.69) is 15.3 Å². The third kappa shape index (κ3) is 3.70. The lowest BCUT2D eigenvalue weighted by Gasteiger charge is -2.25. The highest BCUT2D eigenvalue weighted by Gasteiger charge is 2.33. The van der Waals surface area contributed by atoms with E-state index >= 15 is 0 Å². The fraction of sp³-hybridized carbons (Fsp3) is 0.304. The summed E-state index contributed by atoms with van der Waals surface area (Å²) in [4.78, 5) is 36.7. The van der Waals surface area contributed by atoms with Gasteiger partial charge in [-0.25, -0.2) is 4.98 Å². The number of rotatable bonds is 4. The summed E-state index contributed by atoms with van der Waals surface area (Å²) in [6.07, 6.45) is 5.19. The molecule has 1 fully saturated rings. The maximum absolute atomic E-state index is 13.3. The van der Waals surface area contributed by atoms with Crippen LogP contribution in [0.25, 0.3) is 0 Å². The number of amides is 1. The van der Waals surface area contributed by atoms with E-state index in [9.17, 15) is 9.59 Å². The van der Waals surface area contributed by atoms with Crippen molar-refractivity contribution in [2.75, 3.05) is 11.9 Å². The van der Waals surface area contributed by atoms with Gasteiger partial charge >= 0.3 is 0 Å². The van der Waals surface area contributed by atoms with Crippen molar-refractivity contribution in [3.8, 4) is 0 Å². The minimum absolute atomic E-state index is 0.133. The summed E-state index contributed by atoms with van der Waals surface area (Å²) in [5.74, 6) is 0.531. The molecule has 1 amide bonds. The van der Waals surface area contributed by atoms with Crippen LogP contribution in [-0.4, -0.2) is 31.9 Å². The first-order valence-corrected chi connectivity index (χ1v) is 10.1. The van der Waals surface area contributed by atoms with Crippen molar-refractivity contribution in [3.05, 3.63) is 81.7 Å². The summed E-state index contributed by atoms with van der Waals surface area (Å²) in [7, 11) is 1.70. The molecule has 0 saturated carbocycles. The molecule has 0 unspecified atom stereocenters. The predicted molar refractivity (Wildman–Crippen MR) is 116 cm³/mol. The number of hydrogen-bond donors (Lipinski definition) is 1. The highest BCUT2D eigenvalue weighted by Crippen LogP contribution is 2.32. The van der Waals surface area contributed by atoms with E-state index in [-0.39, 0.29) is 23.1 Å². The van der Waals surface area contributed by atoms with Gasteiger partial charge in [0.2, 0.25) is 0 Å². The van der Waals surface area contributed by atoms with Gasteiger partial charge in [0.05, 0.1) is 23.6 Å². The summed E-state index contributed by atoms with van der Waals surface area (Å²) in [5.41, 5.74) is 3.22. The van der Waals surface area contributed by atoms with E-state index < -0.39 is 0 Å². The maximum atomic E-state index is 13.3. The normalized spacial score (nSPS) is 16.0. The third-order valence-corrected chi connectivity index (χ3v) is 5.66. The molecular weight excluding hydrogens is 378 g/mol. The SMILES string of the molecule is Cc1cc(C)n(C)c(=O)c1C(=O)N1CCC[C@H]1c1ccc(Nc2ccccn2)cn1. The molecule has 1 N–H and O–H groups in total. The number of hydrogen-bond acceptors (Lipinski definition) is 5. The highest BCUT2D eigenvalue weighted by molar-refractivity contribution is 5.95. The van der Waals surface area contributed by atoms with Gasteiger partial charge in [0, 0.05) is 25.5 Å². The zero-order chi connectivity index (χ0) is 21.3. The van der Waals surface area contributed by atoms with Crippen LogP contribution in [0.15, 0.2) is 53.6 Å². The Labute approximate surface area is 175 Å². The summed E-state index contributed by atoms with van der Waals surface area (Å²) < 4.78 is 1.53. The standard InChI is InChI=1S/C23H25N5O2/c1-15-13-16(2)27(3)22(29)21(15)23(30)28-12-6-7-19(28)18-10-9-17(14-25-18)26-20-8-4-5-11-24-20/h4-5,8-11,13-14,19H,6-7,12H2,1-3H3,(H,24,26)/t19-/m0/s1. The van der Waals surface area contributed by atoms with Crippen LogP contribution < -0.4 is 10.9 Å². The lowest BCUT2D eigenvalue weighted by Crippen LogP contribution is -2.37. The Morgan fingerprint density at radius 3 is 2.70 bits per heavy atom. The number of nitrogens with one attached hydrogen (secondary N) is 1. The molecule has 1 saturated heterocycles. The molecular formula is C23H25N5O2. The molecule has 3 aromatic rings. The Morgan fingerprint density at radius 2 is 2.00 bits per heavy atom. The van der Waals surface area contributed by atoms with Gasteiger partial charge in [-0.15, -0.1) is 0 Å². The van der Waals surface area contributed by atoms with Crippen LogP contribution in [0.1, 0.15) is 46.2 Å².